The molecule has 0 spiro atoms. The predicted molar refractivity (Wildman–Crippen MR) is 88.5 cm³/mol. The second-order valence-electron chi connectivity index (χ2n) is 6.55. The minimum absolute atomic E-state index is 0.622. The molecule has 2 heterocycles. The fourth-order valence-corrected chi connectivity index (χ4v) is 3.45. The van der Waals surface area contributed by atoms with E-state index in [1.165, 1.54) is 6.42 Å². The number of rotatable bonds is 8. The van der Waals surface area contributed by atoms with Crippen LogP contribution >= 0.6 is 11.3 Å². The van der Waals surface area contributed by atoms with Crippen LogP contribution in [0.2, 0.25) is 0 Å². The molecule has 0 radical (unpaired) electrons. The Kier molecular flexibility index (Phi) is 6.02. The first-order chi connectivity index (χ1) is 10.4. The molecule has 0 aromatic carbocycles. The molecule has 0 bridgehead atoms. The van der Waals surface area contributed by atoms with E-state index in [1.807, 2.05) is 11.6 Å². The monoisotopic (exact) mass is 322 g/mol. The Balaban J connectivity index is 1.83. The number of hydrogen-bond donors (Lipinski definition) is 0. The fraction of sp³-hybridized carbons (Fsp3) is 0.733. The van der Waals surface area contributed by atoms with Crippen LogP contribution in [0.4, 0.5) is 0 Å². The third-order valence-corrected chi connectivity index (χ3v) is 4.19. The van der Waals surface area contributed by atoms with Gasteiger partial charge in [0.05, 0.1) is 12.2 Å². The van der Waals surface area contributed by atoms with Gasteiger partial charge in [0, 0.05) is 19.3 Å². The van der Waals surface area contributed by atoms with E-state index in [2.05, 4.69) is 59.4 Å². The number of hydrogen-bond acceptors (Lipinski definition) is 6. The second-order valence-corrected chi connectivity index (χ2v) is 7.82. The molecule has 0 saturated heterocycles. The van der Waals surface area contributed by atoms with Gasteiger partial charge in [-0.1, -0.05) is 26.0 Å². The molecule has 6 nitrogen and oxygen atoms in total. The Bertz CT molecular complexity index is 576. The van der Waals surface area contributed by atoms with Crippen molar-refractivity contribution in [2.45, 2.75) is 53.8 Å². The SMILES string of the molecule is Cc1nnc(CN(C)Cc2cn(CC(C)CC(C)C)nn2)s1. The van der Waals surface area contributed by atoms with E-state index in [0.29, 0.717) is 5.92 Å². The molecule has 2 aromatic heterocycles. The van der Waals surface area contributed by atoms with Gasteiger partial charge in [-0.15, -0.1) is 26.6 Å². The molecule has 1 unspecified atom stereocenters. The highest BCUT2D eigenvalue weighted by Crippen LogP contribution is 2.14. The molecule has 0 aliphatic heterocycles. The normalized spacial score (nSPS) is 13.2. The Hall–Kier alpha value is -1.34. The average molecular weight is 322 g/mol. The van der Waals surface area contributed by atoms with Crippen LogP contribution in [-0.4, -0.2) is 37.1 Å². The number of aryl methyl sites for hydroxylation is 1. The highest BCUT2D eigenvalue weighted by molar-refractivity contribution is 7.11. The van der Waals surface area contributed by atoms with Gasteiger partial charge in [-0.25, -0.2) is 0 Å². The van der Waals surface area contributed by atoms with E-state index in [9.17, 15) is 0 Å². The lowest BCUT2D eigenvalue weighted by Crippen LogP contribution is -2.17. The lowest BCUT2D eigenvalue weighted by molar-refractivity contribution is 0.313. The van der Waals surface area contributed by atoms with Crippen molar-refractivity contribution >= 4 is 11.3 Å². The third kappa shape index (κ3) is 5.46. The van der Waals surface area contributed by atoms with Crippen molar-refractivity contribution in [3.8, 4) is 0 Å². The molecule has 1 atom stereocenters. The Morgan fingerprint density at radius 3 is 2.59 bits per heavy atom. The quantitative estimate of drug-likeness (QED) is 0.748. The lowest BCUT2D eigenvalue weighted by atomic mass is 9.99. The summed E-state index contributed by atoms with van der Waals surface area (Å²) in [5.74, 6) is 1.34. The molecule has 0 fully saturated rings. The van der Waals surface area contributed by atoms with Crippen LogP contribution in [0.5, 0.6) is 0 Å². The van der Waals surface area contributed by atoms with Gasteiger partial charge < -0.3 is 0 Å². The van der Waals surface area contributed by atoms with E-state index in [0.717, 1.165) is 41.3 Å². The predicted octanol–water partition coefficient (Wildman–Crippen LogP) is 2.75. The molecule has 0 aliphatic rings. The van der Waals surface area contributed by atoms with Crippen LogP contribution in [-0.2, 0) is 19.6 Å². The zero-order valence-corrected chi connectivity index (χ0v) is 15.0. The van der Waals surface area contributed by atoms with Crippen LogP contribution in [0.3, 0.4) is 0 Å². The van der Waals surface area contributed by atoms with E-state index >= 15 is 0 Å². The summed E-state index contributed by atoms with van der Waals surface area (Å²) in [5, 5.41) is 18.8. The van der Waals surface area contributed by atoms with Crippen LogP contribution < -0.4 is 0 Å². The molecule has 7 heteroatoms. The molecule has 0 N–H and O–H groups in total. The first-order valence-corrected chi connectivity index (χ1v) is 8.60. The summed E-state index contributed by atoms with van der Waals surface area (Å²) in [6.07, 6.45) is 3.27. The van der Waals surface area contributed by atoms with Gasteiger partial charge in [0.25, 0.3) is 0 Å². The highest BCUT2D eigenvalue weighted by atomic mass is 32.1. The highest BCUT2D eigenvalue weighted by Gasteiger charge is 2.11. The summed E-state index contributed by atoms with van der Waals surface area (Å²) in [6, 6.07) is 0. The molecular weight excluding hydrogens is 296 g/mol. The standard InChI is InChI=1S/C15H26N6S/c1-11(2)6-12(3)7-21-9-14(17-19-21)8-20(5)10-15-18-16-13(4)22-15/h9,11-12H,6-8,10H2,1-5H3. The minimum Gasteiger partial charge on any atom is -0.294 e. The van der Waals surface area contributed by atoms with Crippen LogP contribution in [0.25, 0.3) is 0 Å². The maximum atomic E-state index is 4.27. The number of nitrogens with zero attached hydrogens (tertiary/aromatic N) is 6. The van der Waals surface area contributed by atoms with Crippen LogP contribution in [0.15, 0.2) is 6.20 Å². The van der Waals surface area contributed by atoms with Crippen molar-refractivity contribution in [3.63, 3.8) is 0 Å². The summed E-state index contributed by atoms with van der Waals surface area (Å²) in [6.45, 7) is 11.3. The van der Waals surface area contributed by atoms with Gasteiger partial charge in [0.1, 0.15) is 10.0 Å². The maximum absolute atomic E-state index is 4.27. The molecular formula is C15H26N6S. The summed E-state index contributed by atoms with van der Waals surface area (Å²) >= 11 is 1.64. The molecule has 0 saturated carbocycles. The Labute approximate surface area is 136 Å². The third-order valence-electron chi connectivity index (χ3n) is 3.36. The first kappa shape index (κ1) is 17.0. The van der Waals surface area contributed by atoms with Crippen molar-refractivity contribution in [2.24, 2.45) is 11.8 Å². The topological polar surface area (TPSA) is 59.7 Å². The second kappa shape index (κ2) is 7.78. The minimum atomic E-state index is 0.622. The van der Waals surface area contributed by atoms with E-state index < -0.39 is 0 Å². The largest absolute Gasteiger partial charge is 0.294 e. The van der Waals surface area contributed by atoms with Crippen molar-refractivity contribution in [1.29, 1.82) is 0 Å². The van der Waals surface area contributed by atoms with Crippen LogP contribution in [0, 0.1) is 18.8 Å². The van der Waals surface area contributed by atoms with Gasteiger partial charge in [0.2, 0.25) is 0 Å². The smallest absolute Gasteiger partial charge is 0.131 e. The molecule has 2 rings (SSSR count). The lowest BCUT2D eigenvalue weighted by Gasteiger charge is -2.13. The summed E-state index contributed by atoms with van der Waals surface area (Å²) in [5.41, 5.74) is 1.00. The van der Waals surface area contributed by atoms with E-state index in [4.69, 9.17) is 0 Å². The molecule has 2 aromatic rings. The van der Waals surface area contributed by atoms with Gasteiger partial charge in [-0.2, -0.15) is 0 Å². The van der Waals surface area contributed by atoms with Crippen LogP contribution in [0.1, 0.15) is 42.9 Å². The molecule has 22 heavy (non-hydrogen) atoms. The summed E-state index contributed by atoms with van der Waals surface area (Å²) in [4.78, 5) is 2.19. The zero-order valence-electron chi connectivity index (χ0n) is 14.2. The van der Waals surface area contributed by atoms with Gasteiger partial charge in [-0.3, -0.25) is 9.58 Å². The summed E-state index contributed by atoms with van der Waals surface area (Å²) in [7, 11) is 2.07. The summed E-state index contributed by atoms with van der Waals surface area (Å²) < 4.78 is 1.96. The number of aromatic nitrogens is 5. The molecule has 0 amide bonds. The van der Waals surface area contributed by atoms with E-state index in [-0.39, 0.29) is 0 Å². The van der Waals surface area contributed by atoms with Crippen molar-refractivity contribution in [1.82, 2.24) is 30.1 Å². The van der Waals surface area contributed by atoms with Crippen molar-refractivity contribution < 1.29 is 0 Å². The molecule has 0 aliphatic carbocycles. The Morgan fingerprint density at radius 2 is 1.95 bits per heavy atom. The maximum Gasteiger partial charge on any atom is 0.131 e. The van der Waals surface area contributed by atoms with Gasteiger partial charge in [0.15, 0.2) is 0 Å². The van der Waals surface area contributed by atoms with Gasteiger partial charge >= 0.3 is 0 Å². The van der Waals surface area contributed by atoms with E-state index in [1.54, 1.807) is 11.3 Å². The van der Waals surface area contributed by atoms with Gasteiger partial charge in [-0.05, 0) is 32.2 Å². The zero-order chi connectivity index (χ0) is 16.1. The Morgan fingerprint density at radius 1 is 1.18 bits per heavy atom. The van der Waals surface area contributed by atoms with Crippen molar-refractivity contribution in [3.05, 3.63) is 21.9 Å². The van der Waals surface area contributed by atoms with Crippen molar-refractivity contribution in [2.75, 3.05) is 7.05 Å². The molecule has 122 valence electrons. The fourth-order valence-electron chi connectivity index (χ4n) is 2.66. The first-order valence-electron chi connectivity index (χ1n) is 7.79. The average Bonchev–Trinajstić information content (AvgIpc) is 2.98.